The summed E-state index contributed by atoms with van der Waals surface area (Å²) in [5.41, 5.74) is -0.702. The quantitative estimate of drug-likeness (QED) is 0.664. The van der Waals surface area contributed by atoms with E-state index in [1.165, 1.54) is 0 Å². The van der Waals surface area contributed by atoms with Crippen LogP contribution in [0.2, 0.25) is 0 Å². The van der Waals surface area contributed by atoms with E-state index in [0.717, 1.165) is 6.42 Å². The Morgan fingerprint density at radius 3 is 2.62 bits per heavy atom. The van der Waals surface area contributed by atoms with E-state index in [9.17, 15) is 10.2 Å². The van der Waals surface area contributed by atoms with Crippen molar-refractivity contribution in [2.45, 2.75) is 96.6 Å². The van der Waals surface area contributed by atoms with E-state index in [1.807, 2.05) is 34.6 Å². The second kappa shape index (κ2) is 7.73. The molecule has 0 aromatic heterocycles. The van der Waals surface area contributed by atoms with Gasteiger partial charge in [-0.25, -0.2) is 0 Å². The lowest BCUT2D eigenvalue weighted by molar-refractivity contribution is -0.255. The predicted octanol–water partition coefficient (Wildman–Crippen LogP) is 2.99. The lowest BCUT2D eigenvalue weighted by Crippen LogP contribution is -2.44. The third-order valence-corrected chi connectivity index (χ3v) is 5.14. The standard InChI is InChI=1S/C19H34O5/c1-11(2)22-14(5)16-10-19(16,21)8-7-13(4)23-18-12(3)9-17(20)15(6)24-18/h11-13,15-18,20-21H,5,7-10H2,1-4,6H3/t12-,13-,15+,16-,17?,18?,19-/m1/s1. The first-order chi connectivity index (χ1) is 11.1. The molecule has 2 N–H and O–H groups in total. The van der Waals surface area contributed by atoms with Gasteiger partial charge >= 0.3 is 0 Å². The Balaban J connectivity index is 1.74. The second-order valence-corrected chi connectivity index (χ2v) is 7.97. The molecular weight excluding hydrogens is 308 g/mol. The average molecular weight is 342 g/mol. The van der Waals surface area contributed by atoms with E-state index in [2.05, 4.69) is 6.58 Å². The van der Waals surface area contributed by atoms with Gasteiger partial charge in [0.05, 0.1) is 35.8 Å². The maximum absolute atomic E-state index is 10.6. The van der Waals surface area contributed by atoms with Crippen molar-refractivity contribution in [3.05, 3.63) is 12.3 Å². The molecule has 2 unspecified atom stereocenters. The van der Waals surface area contributed by atoms with Crippen LogP contribution >= 0.6 is 0 Å². The van der Waals surface area contributed by atoms with Crippen LogP contribution in [-0.2, 0) is 14.2 Å². The number of hydrogen-bond donors (Lipinski definition) is 2. The van der Waals surface area contributed by atoms with Gasteiger partial charge in [0.25, 0.3) is 0 Å². The van der Waals surface area contributed by atoms with Crippen LogP contribution in [0.5, 0.6) is 0 Å². The van der Waals surface area contributed by atoms with Crippen LogP contribution in [0.15, 0.2) is 12.3 Å². The molecular formula is C19H34O5. The molecule has 0 radical (unpaired) electrons. The van der Waals surface area contributed by atoms with E-state index in [4.69, 9.17) is 14.2 Å². The molecule has 2 aliphatic rings. The average Bonchev–Trinajstić information content (AvgIpc) is 3.15. The van der Waals surface area contributed by atoms with Gasteiger partial charge in [0, 0.05) is 11.8 Å². The molecule has 5 heteroatoms. The SMILES string of the molecule is C=C(OC(C)C)[C@H]1C[C@]1(O)CC[C@@H](C)OC1O[C@@H](C)C(O)C[C@H]1C. The maximum Gasteiger partial charge on any atom is 0.161 e. The van der Waals surface area contributed by atoms with E-state index in [1.54, 1.807) is 0 Å². The fourth-order valence-corrected chi connectivity index (χ4v) is 3.41. The van der Waals surface area contributed by atoms with E-state index in [0.29, 0.717) is 25.0 Å². The Morgan fingerprint density at radius 1 is 1.33 bits per heavy atom. The highest BCUT2D eigenvalue weighted by atomic mass is 16.7. The summed E-state index contributed by atoms with van der Waals surface area (Å²) in [6.07, 6.45) is 1.99. The van der Waals surface area contributed by atoms with Gasteiger partial charge in [-0.05, 0) is 53.4 Å². The molecule has 5 nitrogen and oxygen atoms in total. The van der Waals surface area contributed by atoms with Crippen molar-refractivity contribution in [3.63, 3.8) is 0 Å². The molecule has 1 heterocycles. The monoisotopic (exact) mass is 342 g/mol. The molecule has 140 valence electrons. The van der Waals surface area contributed by atoms with Crippen molar-refractivity contribution in [2.75, 3.05) is 0 Å². The summed E-state index contributed by atoms with van der Waals surface area (Å²) in [6.45, 7) is 13.8. The molecule has 2 rings (SSSR count). The zero-order valence-corrected chi connectivity index (χ0v) is 15.7. The minimum atomic E-state index is -0.702. The van der Waals surface area contributed by atoms with Crippen molar-refractivity contribution in [2.24, 2.45) is 11.8 Å². The van der Waals surface area contributed by atoms with Crippen molar-refractivity contribution < 1.29 is 24.4 Å². The molecule has 24 heavy (non-hydrogen) atoms. The van der Waals surface area contributed by atoms with Crippen LogP contribution in [0.25, 0.3) is 0 Å². The molecule has 0 spiro atoms. The lowest BCUT2D eigenvalue weighted by atomic mass is 9.96. The Labute approximate surface area is 146 Å². The van der Waals surface area contributed by atoms with Gasteiger partial charge in [0.15, 0.2) is 6.29 Å². The number of aliphatic hydroxyl groups is 2. The van der Waals surface area contributed by atoms with Crippen molar-refractivity contribution in [3.8, 4) is 0 Å². The third kappa shape index (κ3) is 4.94. The molecule has 7 atom stereocenters. The summed E-state index contributed by atoms with van der Waals surface area (Å²) in [6, 6.07) is 0. The van der Waals surface area contributed by atoms with Crippen molar-refractivity contribution >= 4 is 0 Å². The van der Waals surface area contributed by atoms with Crippen LogP contribution < -0.4 is 0 Å². The van der Waals surface area contributed by atoms with Crippen LogP contribution in [0, 0.1) is 11.8 Å². The topological polar surface area (TPSA) is 68.2 Å². The van der Waals surface area contributed by atoms with Gasteiger partial charge in [-0.2, -0.15) is 0 Å². The Morgan fingerprint density at radius 2 is 2.00 bits per heavy atom. The van der Waals surface area contributed by atoms with Gasteiger partial charge in [0.1, 0.15) is 0 Å². The molecule has 0 aromatic rings. The smallest absolute Gasteiger partial charge is 0.161 e. The van der Waals surface area contributed by atoms with E-state index in [-0.39, 0.29) is 36.4 Å². The molecule has 0 aromatic carbocycles. The Bertz CT molecular complexity index is 437. The van der Waals surface area contributed by atoms with Gasteiger partial charge in [-0.1, -0.05) is 13.5 Å². The van der Waals surface area contributed by atoms with Gasteiger partial charge in [0.2, 0.25) is 0 Å². The molecule has 1 aliphatic carbocycles. The number of rotatable bonds is 8. The molecule has 1 saturated heterocycles. The summed E-state index contributed by atoms with van der Waals surface area (Å²) < 4.78 is 17.4. The van der Waals surface area contributed by atoms with Crippen molar-refractivity contribution in [1.82, 2.24) is 0 Å². The highest BCUT2D eigenvalue weighted by Crippen LogP contribution is 2.51. The van der Waals surface area contributed by atoms with Crippen molar-refractivity contribution in [1.29, 1.82) is 0 Å². The number of ether oxygens (including phenoxy) is 3. The minimum Gasteiger partial charge on any atom is -0.496 e. The fourth-order valence-electron chi connectivity index (χ4n) is 3.41. The summed E-state index contributed by atoms with van der Waals surface area (Å²) >= 11 is 0. The van der Waals surface area contributed by atoms with Gasteiger partial charge in [-0.15, -0.1) is 0 Å². The molecule has 0 amide bonds. The van der Waals surface area contributed by atoms with Crippen LogP contribution in [0.1, 0.15) is 60.3 Å². The fraction of sp³-hybridized carbons (Fsp3) is 0.895. The van der Waals surface area contributed by atoms with Gasteiger partial charge in [-0.3, -0.25) is 0 Å². The zero-order chi connectivity index (χ0) is 18.1. The van der Waals surface area contributed by atoms with Gasteiger partial charge < -0.3 is 24.4 Å². The summed E-state index contributed by atoms with van der Waals surface area (Å²) in [5.74, 6) is 0.884. The minimum absolute atomic E-state index is 0.00977. The number of aliphatic hydroxyl groups excluding tert-OH is 1. The summed E-state index contributed by atoms with van der Waals surface area (Å²) in [7, 11) is 0. The molecule has 1 saturated carbocycles. The molecule has 0 bridgehead atoms. The molecule has 2 fully saturated rings. The normalized spacial score (nSPS) is 40.4. The van der Waals surface area contributed by atoms with E-state index < -0.39 is 11.7 Å². The summed E-state index contributed by atoms with van der Waals surface area (Å²) in [5, 5.41) is 20.4. The first-order valence-corrected chi connectivity index (χ1v) is 9.19. The first-order valence-electron chi connectivity index (χ1n) is 9.19. The van der Waals surface area contributed by atoms with Crippen LogP contribution in [0.3, 0.4) is 0 Å². The second-order valence-electron chi connectivity index (χ2n) is 7.97. The van der Waals surface area contributed by atoms with Crippen LogP contribution in [0.4, 0.5) is 0 Å². The largest absolute Gasteiger partial charge is 0.496 e. The Kier molecular flexibility index (Phi) is 6.35. The number of hydrogen-bond acceptors (Lipinski definition) is 5. The van der Waals surface area contributed by atoms with Crippen LogP contribution in [-0.4, -0.2) is 46.5 Å². The highest BCUT2D eigenvalue weighted by molar-refractivity contribution is 5.16. The predicted molar refractivity (Wildman–Crippen MR) is 92.3 cm³/mol. The third-order valence-electron chi connectivity index (χ3n) is 5.14. The highest BCUT2D eigenvalue weighted by Gasteiger charge is 2.55. The Hall–Kier alpha value is -0.620. The summed E-state index contributed by atoms with van der Waals surface area (Å²) in [4.78, 5) is 0. The van der Waals surface area contributed by atoms with E-state index >= 15 is 0 Å². The maximum atomic E-state index is 10.6. The zero-order valence-electron chi connectivity index (χ0n) is 15.7. The lowest BCUT2D eigenvalue weighted by Gasteiger charge is -2.37. The molecule has 1 aliphatic heterocycles. The first kappa shape index (κ1) is 19.7.